The molecule has 1 nitrogen and oxygen atoms in total. The molecule has 0 spiro atoms. The van der Waals surface area contributed by atoms with E-state index in [9.17, 15) is 0 Å². The molecule has 0 unspecified atom stereocenters. The number of rotatable bonds is 3. The van der Waals surface area contributed by atoms with Crippen molar-refractivity contribution in [3.05, 3.63) is 6.92 Å². The zero-order valence-electron chi connectivity index (χ0n) is 7.89. The van der Waals surface area contributed by atoms with E-state index in [1.807, 2.05) is 0 Å². The molecular weight excluding hydrogens is 193 g/mol. The van der Waals surface area contributed by atoms with E-state index in [4.69, 9.17) is 0 Å². The summed E-state index contributed by atoms with van der Waals surface area (Å²) in [6, 6.07) is 1.25. The second-order valence-corrected chi connectivity index (χ2v) is 2.93. The normalized spacial score (nSPS) is 10.2. The fourth-order valence-electron chi connectivity index (χ4n) is 1.11. The molecule has 0 heterocycles. The van der Waals surface area contributed by atoms with Crippen molar-refractivity contribution in [3.63, 3.8) is 0 Å². The molecule has 0 saturated heterocycles. The van der Waals surface area contributed by atoms with Gasteiger partial charge in [0.15, 0.2) is 0 Å². The molecule has 0 rings (SSSR count). The van der Waals surface area contributed by atoms with Crippen LogP contribution in [0.25, 0.3) is 0 Å². The van der Waals surface area contributed by atoms with Gasteiger partial charge in [-0.2, -0.15) is 0 Å². The second-order valence-electron chi connectivity index (χ2n) is 2.93. The summed E-state index contributed by atoms with van der Waals surface area (Å²) in [7, 11) is 4.64. The van der Waals surface area contributed by atoms with Gasteiger partial charge in [-0.3, -0.25) is 4.90 Å². The fourth-order valence-corrected chi connectivity index (χ4v) is 1.11. The first kappa shape index (κ1) is 14.5. The Morgan fingerprint density at radius 3 is 1.45 bits per heavy atom. The number of hydrogen-bond donors (Lipinski definition) is 0. The average Bonchev–Trinajstić information content (AvgIpc) is 1.91. The van der Waals surface area contributed by atoms with Gasteiger partial charge in [-0.05, 0) is 41.2 Å². The zero-order valence-corrected chi connectivity index (χ0v) is 10.2. The van der Waals surface area contributed by atoms with Crippen LogP contribution >= 0.6 is 9.30 Å². The molecule has 0 bridgehead atoms. The Labute approximate surface area is 86.8 Å². The van der Waals surface area contributed by atoms with Crippen molar-refractivity contribution < 1.29 is 19.4 Å². The summed E-state index contributed by atoms with van der Waals surface area (Å²) in [5, 5.41) is 0. The van der Waals surface area contributed by atoms with E-state index in [0.29, 0.717) is 12.1 Å². The first-order valence-corrected chi connectivity index (χ1v) is 5.98. The first-order chi connectivity index (χ1) is 5.09. The Kier molecular flexibility index (Phi) is 11.9. The zero-order chi connectivity index (χ0) is 9.44. The second kappa shape index (κ2) is 9.06. The Bertz CT molecular complexity index is 68.5. The van der Waals surface area contributed by atoms with E-state index in [0.717, 1.165) is 6.54 Å². The van der Waals surface area contributed by atoms with Crippen LogP contribution in [0.4, 0.5) is 0 Å². The summed E-state index contributed by atoms with van der Waals surface area (Å²) in [4.78, 5) is 2.35. The third-order valence-electron chi connectivity index (χ3n) is 1.58. The molecule has 0 aromatic carbocycles. The molecule has 0 aromatic rings. The molecule has 0 fully saturated rings. The van der Waals surface area contributed by atoms with Crippen LogP contribution in [-0.2, 0) is 19.4 Å². The first-order valence-electron chi connectivity index (χ1n) is 3.83. The maximum absolute atomic E-state index is 4.64. The van der Waals surface area contributed by atoms with Crippen molar-refractivity contribution in [1.82, 2.24) is 4.90 Å². The van der Waals surface area contributed by atoms with Gasteiger partial charge in [-0.25, -0.2) is 0 Å². The van der Waals surface area contributed by atoms with Gasteiger partial charge in [-0.1, -0.05) is 0 Å². The molecule has 1 radical (unpaired) electrons. The molecule has 11 heavy (non-hydrogen) atoms. The van der Waals surface area contributed by atoms with Crippen molar-refractivity contribution in [1.29, 1.82) is 0 Å². The standard InChI is InChI=1S/C8H18N.ClH.Ti/c1-6-9(7(2)3)8(4)5;;/h7-8H,1,6H2,2-5H3;1H;/q;;+1/p-1. The van der Waals surface area contributed by atoms with Gasteiger partial charge in [0.2, 0.25) is 0 Å². The van der Waals surface area contributed by atoms with Gasteiger partial charge in [0, 0.05) is 12.1 Å². The molecular formula is C8H18ClNTi. The quantitative estimate of drug-likeness (QED) is 0.649. The topological polar surface area (TPSA) is 3.24 Å². The van der Waals surface area contributed by atoms with Gasteiger partial charge >= 0.3 is 28.7 Å². The molecule has 0 aromatic heterocycles. The molecule has 66 valence electrons. The molecule has 0 N–H and O–H groups in total. The molecule has 0 atom stereocenters. The monoisotopic (exact) mass is 211 g/mol. The summed E-state index contributed by atoms with van der Waals surface area (Å²) in [6.07, 6.45) is 0. The van der Waals surface area contributed by atoms with Crippen molar-refractivity contribution in [2.24, 2.45) is 0 Å². The molecule has 0 amide bonds. The van der Waals surface area contributed by atoms with E-state index < -0.39 is 0 Å². The molecule has 0 aliphatic heterocycles. The van der Waals surface area contributed by atoms with Crippen LogP contribution in [0.3, 0.4) is 0 Å². The van der Waals surface area contributed by atoms with Crippen LogP contribution in [0, 0.1) is 6.92 Å². The minimum atomic E-state index is 0.627. The van der Waals surface area contributed by atoms with Crippen LogP contribution in [0.2, 0.25) is 0 Å². The van der Waals surface area contributed by atoms with E-state index >= 15 is 0 Å². The molecule has 3 heteroatoms. The van der Waals surface area contributed by atoms with Crippen molar-refractivity contribution in [3.8, 4) is 0 Å². The third kappa shape index (κ3) is 7.33. The summed E-state index contributed by atoms with van der Waals surface area (Å²) in [6.45, 7) is 13.6. The fraction of sp³-hybridized carbons (Fsp3) is 0.875. The average molecular weight is 212 g/mol. The third-order valence-corrected chi connectivity index (χ3v) is 1.58. The summed E-state index contributed by atoms with van der Waals surface area (Å²) in [5.74, 6) is 0. The van der Waals surface area contributed by atoms with E-state index in [1.165, 1.54) is 19.4 Å². The van der Waals surface area contributed by atoms with Crippen molar-refractivity contribution >= 4 is 9.30 Å². The van der Waals surface area contributed by atoms with E-state index in [-0.39, 0.29) is 0 Å². The molecule has 0 aliphatic carbocycles. The van der Waals surface area contributed by atoms with Gasteiger partial charge < -0.3 is 0 Å². The van der Waals surface area contributed by atoms with Crippen LogP contribution < -0.4 is 0 Å². The van der Waals surface area contributed by atoms with Crippen LogP contribution in [-0.4, -0.2) is 23.5 Å². The van der Waals surface area contributed by atoms with Gasteiger partial charge in [0.25, 0.3) is 0 Å². The van der Waals surface area contributed by atoms with Crippen LogP contribution in [0.1, 0.15) is 27.7 Å². The SMILES string of the molecule is [CH2]CN(C(C)C)C(C)C.[Cl][Ti]. The van der Waals surface area contributed by atoms with Crippen LogP contribution in [0.15, 0.2) is 0 Å². The maximum atomic E-state index is 4.64. The Morgan fingerprint density at radius 1 is 1.18 bits per heavy atom. The predicted octanol–water partition coefficient (Wildman–Crippen LogP) is 2.63. The van der Waals surface area contributed by atoms with Gasteiger partial charge in [0.1, 0.15) is 0 Å². The molecule has 0 aliphatic rings. The number of nitrogens with zero attached hydrogens (tertiary/aromatic N) is 1. The van der Waals surface area contributed by atoms with Gasteiger partial charge in [-0.15, -0.1) is 0 Å². The Hall–Kier alpha value is 0.964. The summed E-state index contributed by atoms with van der Waals surface area (Å²) in [5.41, 5.74) is 0. The Morgan fingerprint density at radius 2 is 1.45 bits per heavy atom. The number of hydrogen-bond acceptors (Lipinski definition) is 1. The molecule has 0 saturated carbocycles. The summed E-state index contributed by atoms with van der Waals surface area (Å²) >= 11 is 1.47. The van der Waals surface area contributed by atoms with E-state index in [2.05, 4.69) is 48.8 Å². The minimum absolute atomic E-state index is 0.627. The Balaban J connectivity index is 0. The van der Waals surface area contributed by atoms with Crippen molar-refractivity contribution in [2.45, 2.75) is 39.8 Å². The summed E-state index contributed by atoms with van der Waals surface area (Å²) < 4.78 is 0. The van der Waals surface area contributed by atoms with E-state index in [1.54, 1.807) is 0 Å². The number of halogens is 1. The van der Waals surface area contributed by atoms with Crippen molar-refractivity contribution in [2.75, 3.05) is 6.54 Å². The predicted molar refractivity (Wildman–Crippen MR) is 48.2 cm³/mol. The van der Waals surface area contributed by atoms with Crippen LogP contribution in [0.5, 0.6) is 0 Å². The van der Waals surface area contributed by atoms with Gasteiger partial charge in [0.05, 0.1) is 0 Å².